The van der Waals surface area contributed by atoms with E-state index in [9.17, 15) is 0 Å². The minimum atomic E-state index is -0.833. The van der Waals surface area contributed by atoms with Gasteiger partial charge < -0.3 is 57.5 Å². The summed E-state index contributed by atoms with van der Waals surface area (Å²) in [6.07, 6.45) is 0. The predicted molar refractivity (Wildman–Crippen MR) is 116 cm³/mol. The van der Waals surface area contributed by atoms with Crippen LogP contribution in [0.1, 0.15) is 37.5 Å². The first-order valence-electron chi connectivity index (χ1n) is 7.16. The Morgan fingerprint density at radius 2 is 0.700 bits per heavy atom. The second-order valence-corrected chi connectivity index (χ2v) is 3.92. The molecular weight excluding hydrogens is 422 g/mol. The van der Waals surface area contributed by atoms with Crippen molar-refractivity contribution in [1.82, 2.24) is 17.6 Å². The number of carboxylic acids is 5. The molecule has 16 heteroatoms. The van der Waals surface area contributed by atoms with Gasteiger partial charge in [-0.1, -0.05) is 0 Å². The van der Waals surface area contributed by atoms with E-state index in [1.54, 1.807) is 0 Å². The Morgan fingerprint density at radius 1 is 0.600 bits per heavy atom. The van der Waals surface area contributed by atoms with E-state index in [1.807, 2.05) is 0 Å². The Kier molecular flexibility index (Phi) is 106. The first kappa shape index (κ1) is 56.5. The number of aliphatic carboxylic acids is 5. The van der Waals surface area contributed by atoms with E-state index in [2.05, 4.69) is 5.32 Å². The van der Waals surface area contributed by atoms with Gasteiger partial charge in [0.25, 0.3) is 29.8 Å². The Balaban J connectivity index is -0.0000000181. The third kappa shape index (κ3) is 4380. The van der Waals surface area contributed by atoms with Crippen LogP contribution >= 0.6 is 0 Å². The Bertz CT molecular complexity index is 305. The molecule has 184 valence electrons. The van der Waals surface area contributed by atoms with Crippen LogP contribution < -0.4 is 29.1 Å². The van der Waals surface area contributed by atoms with Crippen molar-refractivity contribution >= 4 is 52.9 Å². The molecule has 16 N–H and O–H groups in total. The van der Waals surface area contributed by atoms with Crippen molar-refractivity contribution < 1.29 is 52.4 Å². The average molecular weight is 464 g/mol. The maximum atomic E-state index is 9.00. The molecule has 0 radical (unpaired) electrons. The molecule has 0 rings (SSSR count). The molecule has 0 aromatic carbocycles. The molecule has 30 heavy (non-hydrogen) atoms. The topological polar surface area (TPSA) is 321 Å². The first-order chi connectivity index (χ1) is 12.1. The van der Waals surface area contributed by atoms with E-state index in [0.29, 0.717) is 13.1 Å². The molecule has 0 saturated heterocycles. The van der Waals surface area contributed by atoms with Gasteiger partial charge in [0, 0.05) is 60.8 Å². The molecule has 0 aliphatic heterocycles. The van der Waals surface area contributed by atoms with Crippen LogP contribution in [0.5, 0.6) is 0 Å². The molecule has 0 heterocycles. The number of carboxylic acid groups (broad SMARTS) is 5. The minimum Gasteiger partial charge on any atom is -1.00 e. The molecule has 0 unspecified atom stereocenters. The van der Waals surface area contributed by atoms with Crippen molar-refractivity contribution in [3.05, 3.63) is 0 Å². The largest absolute Gasteiger partial charge is 2.00 e. The Morgan fingerprint density at radius 3 is 0.767 bits per heavy atom. The average Bonchev–Trinajstić information content (AvgIpc) is 2.35. The molecule has 0 aromatic rings. The van der Waals surface area contributed by atoms with E-state index >= 15 is 0 Å². The van der Waals surface area contributed by atoms with Gasteiger partial charge in [0.2, 0.25) is 0 Å². The van der Waals surface area contributed by atoms with E-state index in [-0.39, 0.29) is 38.2 Å². The van der Waals surface area contributed by atoms with Gasteiger partial charge in [-0.3, -0.25) is 24.0 Å². The van der Waals surface area contributed by atoms with Crippen molar-refractivity contribution in [3.8, 4) is 0 Å². The summed E-state index contributed by atoms with van der Waals surface area (Å²) in [5, 5.41) is 40.1. The van der Waals surface area contributed by atoms with Crippen molar-refractivity contribution in [1.29, 1.82) is 0 Å². The minimum absolute atomic E-state index is 0. The van der Waals surface area contributed by atoms with Gasteiger partial charge >= 0.3 is 23.1 Å². The molecule has 0 amide bonds. The predicted octanol–water partition coefficient (Wildman–Crippen LogP) is -0.884. The smallest absolute Gasteiger partial charge is 1.00 e. The van der Waals surface area contributed by atoms with Crippen LogP contribution in [0.15, 0.2) is 0 Å². The molecular formula is C14H41MgN5O10. The van der Waals surface area contributed by atoms with E-state index in [0.717, 1.165) is 47.7 Å². The summed E-state index contributed by atoms with van der Waals surface area (Å²) in [5.41, 5.74) is 10.3. The van der Waals surface area contributed by atoms with Crippen LogP contribution in [0.3, 0.4) is 0 Å². The molecule has 0 saturated carbocycles. The summed E-state index contributed by atoms with van der Waals surface area (Å²) < 4.78 is 0. The van der Waals surface area contributed by atoms with Crippen LogP contribution in [0.25, 0.3) is 0 Å². The van der Waals surface area contributed by atoms with Crippen LogP contribution in [0.4, 0.5) is 0 Å². The third-order valence-corrected chi connectivity index (χ3v) is 0.642. The zero-order valence-electron chi connectivity index (χ0n) is 20.4. The second-order valence-electron chi connectivity index (χ2n) is 3.92. The zero-order valence-corrected chi connectivity index (χ0v) is 19.8. The van der Waals surface area contributed by atoms with Crippen molar-refractivity contribution in [2.75, 3.05) is 26.2 Å². The molecule has 0 aliphatic carbocycles. The first-order valence-corrected chi connectivity index (χ1v) is 7.16. The standard InChI is InChI=1S/C4H13N3.5C2H4O2.Mg.2H3N.2H/c5-1-3-7-4-2-6;5*1-2(3)4;;;;;/h7H,1-6H2;5*1H3,(H,3,4);;2*1H3;;/q;;;;;;+2;;;2*-1. The van der Waals surface area contributed by atoms with E-state index in [4.69, 9.17) is 61.0 Å². The van der Waals surface area contributed by atoms with Crippen LogP contribution in [0, 0.1) is 0 Å². The van der Waals surface area contributed by atoms with Crippen molar-refractivity contribution in [3.63, 3.8) is 0 Å². The zero-order chi connectivity index (χ0) is 23.4. The fraction of sp³-hybridized carbons (Fsp3) is 0.643. The van der Waals surface area contributed by atoms with Crippen molar-refractivity contribution in [2.24, 2.45) is 11.5 Å². The van der Waals surface area contributed by atoms with Gasteiger partial charge in [-0.25, -0.2) is 0 Å². The fourth-order valence-corrected chi connectivity index (χ4v) is 0.329. The number of nitrogens with one attached hydrogen (secondary N) is 1. The molecule has 0 bridgehead atoms. The van der Waals surface area contributed by atoms with E-state index < -0.39 is 29.8 Å². The molecule has 0 aromatic heterocycles. The number of hydrogen-bond donors (Lipinski definition) is 10. The summed E-state index contributed by atoms with van der Waals surface area (Å²) in [5.74, 6) is -4.17. The maximum Gasteiger partial charge on any atom is 2.00 e. The van der Waals surface area contributed by atoms with Gasteiger partial charge in [-0.15, -0.1) is 0 Å². The molecule has 0 spiro atoms. The monoisotopic (exact) mass is 463 g/mol. The van der Waals surface area contributed by atoms with Gasteiger partial charge in [0.05, 0.1) is 0 Å². The normalized spacial score (nSPS) is 6.37. The molecule has 15 nitrogen and oxygen atoms in total. The summed E-state index contributed by atoms with van der Waals surface area (Å²) in [6, 6.07) is 0. The summed E-state index contributed by atoms with van der Waals surface area (Å²) in [7, 11) is 0. The molecule has 0 aliphatic rings. The van der Waals surface area contributed by atoms with Crippen molar-refractivity contribution in [2.45, 2.75) is 34.6 Å². The maximum absolute atomic E-state index is 9.00. The SMILES string of the molecule is CC(=O)O.CC(=O)O.CC(=O)O.CC(=O)O.CC(=O)O.N.N.NCCNCCN.[H-].[H-].[Mg+2]. The third-order valence-electron chi connectivity index (χ3n) is 0.642. The van der Waals surface area contributed by atoms with Gasteiger partial charge in [0.15, 0.2) is 0 Å². The molecule has 0 atom stereocenters. The summed E-state index contributed by atoms with van der Waals surface area (Å²) >= 11 is 0. The van der Waals surface area contributed by atoms with Crippen LogP contribution in [-0.2, 0) is 24.0 Å². The summed E-state index contributed by atoms with van der Waals surface area (Å²) in [6.45, 7) is 8.55. The Labute approximate surface area is 195 Å². The fourth-order valence-electron chi connectivity index (χ4n) is 0.329. The number of rotatable bonds is 4. The summed E-state index contributed by atoms with van der Waals surface area (Å²) in [4.78, 5) is 45.0. The number of nitrogens with two attached hydrogens (primary N) is 2. The van der Waals surface area contributed by atoms with Crippen LogP contribution in [0.2, 0.25) is 0 Å². The number of hydrogen-bond acceptors (Lipinski definition) is 10. The molecule has 0 fully saturated rings. The van der Waals surface area contributed by atoms with Gasteiger partial charge in [0.1, 0.15) is 0 Å². The van der Waals surface area contributed by atoms with Crippen LogP contribution in [-0.4, -0.2) is 105 Å². The van der Waals surface area contributed by atoms with E-state index in [1.165, 1.54) is 0 Å². The second kappa shape index (κ2) is 56.3. The van der Waals surface area contributed by atoms with Gasteiger partial charge in [-0.05, 0) is 0 Å². The Hall–Kier alpha value is -2.08. The number of carbonyl (C=O) groups is 5. The van der Waals surface area contributed by atoms with Gasteiger partial charge in [-0.2, -0.15) is 0 Å². The quantitative estimate of drug-likeness (QED) is 0.178.